The van der Waals surface area contributed by atoms with Crippen LogP contribution in [0, 0.1) is 0 Å². The van der Waals surface area contributed by atoms with Crippen molar-refractivity contribution in [3.05, 3.63) is 72.6 Å². The number of rotatable bonds is 5. The summed E-state index contributed by atoms with van der Waals surface area (Å²) in [4.78, 5) is 0. The first-order chi connectivity index (χ1) is 8.92. The van der Waals surface area contributed by atoms with Crippen LogP contribution in [-0.2, 0) is 4.74 Å². The van der Waals surface area contributed by atoms with Gasteiger partial charge >= 0.3 is 0 Å². The average molecular weight is 254 g/mol. The van der Waals surface area contributed by atoms with E-state index in [4.69, 9.17) is 4.74 Å². The Balaban J connectivity index is 2.29. The smallest absolute Gasteiger partial charge is 0.128 e. The van der Waals surface area contributed by atoms with Crippen LogP contribution in [0.4, 0.5) is 0 Å². The van der Waals surface area contributed by atoms with Crippen molar-refractivity contribution in [2.24, 2.45) is 0 Å². The van der Waals surface area contributed by atoms with E-state index in [0.29, 0.717) is 0 Å². The summed E-state index contributed by atoms with van der Waals surface area (Å²) in [5, 5.41) is 2.83. The zero-order valence-electron chi connectivity index (χ0n) is 10.6. The highest BCUT2D eigenvalue weighted by Gasteiger charge is 2.12. The summed E-state index contributed by atoms with van der Waals surface area (Å²) in [6.07, 6.45) is 1.86. The highest BCUT2D eigenvalue weighted by atomic mass is 28.3. The van der Waals surface area contributed by atoms with E-state index in [1.807, 2.05) is 13.2 Å². The van der Waals surface area contributed by atoms with Crippen molar-refractivity contribution >= 4 is 19.2 Å². The third kappa shape index (κ3) is 3.34. The van der Waals surface area contributed by atoms with Gasteiger partial charge in [-0.25, -0.2) is 0 Å². The molecule has 0 bridgehead atoms. The molecule has 0 aromatic heterocycles. The minimum atomic E-state index is -1.29. The summed E-state index contributed by atoms with van der Waals surface area (Å²) in [7, 11) is -1.29. The van der Waals surface area contributed by atoms with Crippen LogP contribution in [0.25, 0.3) is 0 Å². The van der Waals surface area contributed by atoms with E-state index in [1.54, 1.807) is 0 Å². The van der Waals surface area contributed by atoms with Crippen molar-refractivity contribution in [1.29, 1.82) is 0 Å². The van der Waals surface area contributed by atoms with E-state index in [1.165, 1.54) is 10.4 Å². The number of benzene rings is 2. The Morgan fingerprint density at radius 1 is 0.889 bits per heavy atom. The van der Waals surface area contributed by atoms with Gasteiger partial charge in [-0.15, -0.1) is 0 Å². The molecule has 92 valence electrons. The molecule has 0 unspecified atom stereocenters. The Morgan fingerprint density at radius 3 is 1.83 bits per heavy atom. The molecule has 2 heteroatoms. The van der Waals surface area contributed by atoms with Gasteiger partial charge in [0.1, 0.15) is 8.80 Å². The van der Waals surface area contributed by atoms with Crippen molar-refractivity contribution in [3.63, 3.8) is 0 Å². The Bertz CT molecular complexity index is 439. The molecule has 0 N–H and O–H groups in total. The molecule has 0 saturated carbocycles. The Kier molecular flexibility index (Phi) is 4.79. The van der Waals surface area contributed by atoms with Gasteiger partial charge in [0.25, 0.3) is 0 Å². The van der Waals surface area contributed by atoms with Gasteiger partial charge in [-0.3, -0.25) is 0 Å². The number of hydrogen-bond acceptors (Lipinski definition) is 1. The van der Waals surface area contributed by atoms with Gasteiger partial charge in [-0.05, 0) is 6.92 Å². The molecule has 18 heavy (non-hydrogen) atoms. The monoisotopic (exact) mass is 254 g/mol. The van der Waals surface area contributed by atoms with Gasteiger partial charge in [0, 0.05) is 0 Å². The minimum Gasteiger partial charge on any atom is -0.502 e. The standard InChI is InChI=1S/C16H18OSi/c1-2-17-13-14-18(15-9-5-3-6-10-15)16-11-7-4-8-12-16/h3-14,18H,2H2,1H3. The Labute approximate surface area is 110 Å². The molecule has 0 radical (unpaired) electrons. The summed E-state index contributed by atoms with van der Waals surface area (Å²) >= 11 is 0. The van der Waals surface area contributed by atoms with Crippen LogP contribution in [0.5, 0.6) is 0 Å². The van der Waals surface area contributed by atoms with Crippen LogP contribution in [-0.4, -0.2) is 15.4 Å². The largest absolute Gasteiger partial charge is 0.502 e. The fraction of sp³-hybridized carbons (Fsp3) is 0.125. The third-order valence-electron chi connectivity index (χ3n) is 2.85. The molecule has 0 spiro atoms. The minimum absolute atomic E-state index is 0.723. The Hall–Kier alpha value is -1.80. The fourth-order valence-corrected chi connectivity index (χ4v) is 4.34. The van der Waals surface area contributed by atoms with Crippen molar-refractivity contribution in [2.75, 3.05) is 6.61 Å². The highest BCUT2D eigenvalue weighted by molar-refractivity contribution is 6.89. The molecular weight excluding hydrogens is 236 g/mol. The normalized spacial score (nSPS) is 11.0. The van der Waals surface area contributed by atoms with Crippen LogP contribution in [0.1, 0.15) is 6.92 Å². The van der Waals surface area contributed by atoms with Gasteiger partial charge in [0.15, 0.2) is 0 Å². The molecule has 2 aromatic carbocycles. The lowest BCUT2D eigenvalue weighted by atomic mass is 10.4. The molecule has 0 aliphatic rings. The van der Waals surface area contributed by atoms with E-state index in [0.717, 1.165) is 6.61 Å². The van der Waals surface area contributed by atoms with Crippen LogP contribution in [0.2, 0.25) is 0 Å². The summed E-state index contributed by atoms with van der Waals surface area (Å²) in [5.41, 5.74) is 2.24. The summed E-state index contributed by atoms with van der Waals surface area (Å²) in [6, 6.07) is 21.4. The molecule has 0 atom stereocenters. The molecule has 0 aliphatic carbocycles. The summed E-state index contributed by atoms with van der Waals surface area (Å²) < 4.78 is 5.36. The highest BCUT2D eigenvalue weighted by Crippen LogP contribution is 1.95. The van der Waals surface area contributed by atoms with Crippen LogP contribution >= 0.6 is 0 Å². The van der Waals surface area contributed by atoms with Crippen LogP contribution < -0.4 is 10.4 Å². The lowest BCUT2D eigenvalue weighted by Gasteiger charge is -2.12. The summed E-state index contributed by atoms with van der Waals surface area (Å²) in [5.74, 6) is 0. The maximum atomic E-state index is 5.36. The third-order valence-corrected chi connectivity index (χ3v) is 5.60. The van der Waals surface area contributed by atoms with Crippen LogP contribution in [0.3, 0.4) is 0 Å². The van der Waals surface area contributed by atoms with Crippen molar-refractivity contribution in [2.45, 2.75) is 6.92 Å². The first-order valence-corrected chi connectivity index (χ1v) is 8.12. The van der Waals surface area contributed by atoms with Gasteiger partial charge in [0.2, 0.25) is 0 Å². The molecular formula is C16H18OSi. The number of ether oxygens (including phenoxy) is 1. The van der Waals surface area contributed by atoms with E-state index in [2.05, 4.69) is 66.4 Å². The molecule has 2 aromatic rings. The second-order valence-electron chi connectivity index (χ2n) is 4.08. The maximum Gasteiger partial charge on any atom is 0.128 e. The topological polar surface area (TPSA) is 9.23 Å². The van der Waals surface area contributed by atoms with Gasteiger partial charge in [-0.2, -0.15) is 0 Å². The molecule has 0 amide bonds. The number of hydrogen-bond donors (Lipinski definition) is 0. The second-order valence-corrected chi connectivity index (χ2v) is 6.76. The fourth-order valence-electron chi connectivity index (χ4n) is 1.97. The van der Waals surface area contributed by atoms with Gasteiger partial charge < -0.3 is 4.74 Å². The molecule has 0 aliphatic heterocycles. The molecule has 0 fully saturated rings. The molecule has 2 rings (SSSR count). The predicted octanol–water partition coefficient (Wildman–Crippen LogP) is 2.12. The lowest BCUT2D eigenvalue weighted by Crippen LogP contribution is -2.40. The SMILES string of the molecule is CCOC=C[SiH](c1ccccc1)c1ccccc1. The maximum absolute atomic E-state index is 5.36. The van der Waals surface area contributed by atoms with E-state index < -0.39 is 8.80 Å². The van der Waals surface area contributed by atoms with E-state index in [9.17, 15) is 0 Å². The van der Waals surface area contributed by atoms with Crippen LogP contribution in [0.15, 0.2) is 72.6 Å². The van der Waals surface area contributed by atoms with Crippen molar-refractivity contribution in [1.82, 2.24) is 0 Å². The van der Waals surface area contributed by atoms with Crippen molar-refractivity contribution < 1.29 is 4.74 Å². The molecule has 0 saturated heterocycles. The quantitative estimate of drug-likeness (QED) is 0.586. The van der Waals surface area contributed by atoms with E-state index in [-0.39, 0.29) is 0 Å². The average Bonchev–Trinajstić information content (AvgIpc) is 2.46. The first kappa shape index (κ1) is 12.6. The van der Waals surface area contributed by atoms with Gasteiger partial charge in [0.05, 0.1) is 12.9 Å². The zero-order valence-corrected chi connectivity index (χ0v) is 11.8. The van der Waals surface area contributed by atoms with Crippen molar-refractivity contribution in [3.8, 4) is 0 Å². The first-order valence-electron chi connectivity index (χ1n) is 6.30. The van der Waals surface area contributed by atoms with Gasteiger partial charge in [-0.1, -0.05) is 76.7 Å². The summed E-state index contributed by atoms with van der Waals surface area (Å²) in [6.45, 7) is 2.73. The zero-order chi connectivity index (χ0) is 12.6. The predicted molar refractivity (Wildman–Crippen MR) is 80.1 cm³/mol. The lowest BCUT2D eigenvalue weighted by molar-refractivity contribution is 0.270. The second kappa shape index (κ2) is 6.82. The van der Waals surface area contributed by atoms with E-state index >= 15 is 0 Å². The Morgan fingerprint density at radius 2 is 1.39 bits per heavy atom. The molecule has 0 heterocycles. The molecule has 1 nitrogen and oxygen atoms in total.